The third-order valence-electron chi connectivity index (χ3n) is 7.69. The van der Waals surface area contributed by atoms with Crippen molar-refractivity contribution >= 4 is 35.1 Å². The summed E-state index contributed by atoms with van der Waals surface area (Å²) >= 11 is 7.90. The Bertz CT molecular complexity index is 1550. The van der Waals surface area contributed by atoms with Gasteiger partial charge >= 0.3 is 0 Å². The molecular weight excluding hydrogens is 594 g/mol. The number of nitrogens with zero attached hydrogens (tertiary/aromatic N) is 5. The van der Waals surface area contributed by atoms with Crippen molar-refractivity contribution in [2.45, 2.75) is 23.9 Å². The molecule has 0 unspecified atom stereocenters. The van der Waals surface area contributed by atoms with Crippen molar-refractivity contribution in [3.05, 3.63) is 106 Å². The first-order chi connectivity index (χ1) is 21.4. The molecule has 44 heavy (non-hydrogen) atoms. The van der Waals surface area contributed by atoms with Crippen molar-refractivity contribution in [3.8, 4) is 11.5 Å². The lowest BCUT2D eigenvalue weighted by Crippen LogP contribution is -2.48. The number of likely N-dealkylation sites (N-methyl/N-ethyl adjacent to an activating group) is 1. The van der Waals surface area contributed by atoms with Gasteiger partial charge in [-0.25, -0.2) is 9.97 Å². The molecule has 1 amide bonds. The average Bonchev–Trinajstić information content (AvgIpc) is 3.06. The molecule has 0 spiro atoms. The highest BCUT2D eigenvalue weighted by Gasteiger charge is 2.22. The molecule has 0 bridgehead atoms. The van der Waals surface area contributed by atoms with Gasteiger partial charge in [0.05, 0.1) is 14.2 Å². The molecule has 0 atom stereocenters. The van der Waals surface area contributed by atoms with E-state index in [1.807, 2.05) is 60.5 Å². The molecule has 0 aliphatic carbocycles. The molecule has 8 nitrogen and oxygen atoms in total. The topological polar surface area (TPSA) is 71.0 Å². The number of thioether (sulfide) groups is 1. The number of carbonyl (C=O) groups is 1. The quantitative estimate of drug-likeness (QED) is 0.106. The minimum Gasteiger partial charge on any atom is -0.493 e. The van der Waals surface area contributed by atoms with Crippen LogP contribution in [0.5, 0.6) is 11.5 Å². The number of hydrogen-bond acceptors (Lipinski definition) is 8. The molecule has 0 saturated carbocycles. The fourth-order valence-electron chi connectivity index (χ4n) is 5.17. The minimum absolute atomic E-state index is 0.0774. The van der Waals surface area contributed by atoms with Crippen molar-refractivity contribution in [2.24, 2.45) is 0 Å². The monoisotopic (exact) mass is 631 g/mol. The number of halogens is 1. The molecule has 3 aromatic carbocycles. The van der Waals surface area contributed by atoms with Gasteiger partial charge in [0.2, 0.25) is 0 Å². The van der Waals surface area contributed by atoms with Crippen LogP contribution in [0.1, 0.15) is 27.0 Å². The van der Waals surface area contributed by atoms with Crippen molar-refractivity contribution in [1.29, 1.82) is 0 Å². The molecule has 4 aromatic rings. The summed E-state index contributed by atoms with van der Waals surface area (Å²) in [5.74, 6) is 2.88. The Balaban J connectivity index is 1.15. The third-order valence-corrected chi connectivity index (χ3v) is 8.80. The largest absolute Gasteiger partial charge is 0.493 e. The molecular formula is C34H38ClN5O3S. The molecule has 2 heterocycles. The van der Waals surface area contributed by atoms with E-state index in [4.69, 9.17) is 26.1 Å². The highest BCUT2D eigenvalue weighted by atomic mass is 35.5. The van der Waals surface area contributed by atoms with E-state index in [9.17, 15) is 4.79 Å². The Labute approximate surface area is 269 Å². The maximum Gasteiger partial charge on any atom is 0.253 e. The number of benzene rings is 3. The first-order valence-corrected chi connectivity index (χ1v) is 16.0. The van der Waals surface area contributed by atoms with Crippen LogP contribution in [0.4, 0.5) is 5.82 Å². The molecule has 1 saturated heterocycles. The summed E-state index contributed by atoms with van der Waals surface area (Å²) in [6, 6.07) is 26.0. The summed E-state index contributed by atoms with van der Waals surface area (Å²) in [6.07, 6.45) is 0.795. The summed E-state index contributed by atoms with van der Waals surface area (Å²) in [5, 5.41) is 0.988. The summed E-state index contributed by atoms with van der Waals surface area (Å²) in [7, 11) is 5.26. The minimum atomic E-state index is 0.0774. The maximum absolute atomic E-state index is 13.3. The Morgan fingerprint density at radius 3 is 2.36 bits per heavy atom. The van der Waals surface area contributed by atoms with Gasteiger partial charge in [-0.3, -0.25) is 9.69 Å². The molecule has 230 valence electrons. The number of carbonyl (C=O) groups excluding carboxylic acids is 1. The van der Waals surface area contributed by atoms with Gasteiger partial charge < -0.3 is 19.3 Å². The lowest BCUT2D eigenvalue weighted by atomic mass is 10.1. The van der Waals surface area contributed by atoms with Crippen LogP contribution >= 0.6 is 23.4 Å². The Morgan fingerprint density at radius 2 is 1.61 bits per heavy atom. The average molecular weight is 632 g/mol. The fraction of sp³-hybridized carbons (Fsp3) is 0.324. The van der Waals surface area contributed by atoms with Crippen LogP contribution in [0.15, 0.2) is 84.0 Å². The van der Waals surface area contributed by atoms with Crippen LogP contribution < -0.4 is 14.4 Å². The van der Waals surface area contributed by atoms with E-state index in [-0.39, 0.29) is 5.91 Å². The Kier molecular flexibility index (Phi) is 11.0. The second kappa shape index (κ2) is 15.3. The highest BCUT2D eigenvalue weighted by Crippen LogP contribution is 2.29. The van der Waals surface area contributed by atoms with E-state index in [1.165, 1.54) is 17.3 Å². The van der Waals surface area contributed by atoms with Crippen LogP contribution in [0, 0.1) is 0 Å². The predicted octanol–water partition coefficient (Wildman–Crippen LogP) is 6.08. The molecule has 5 rings (SSSR count). The number of piperazine rings is 1. The number of amides is 1. The zero-order valence-corrected chi connectivity index (χ0v) is 27.0. The van der Waals surface area contributed by atoms with Gasteiger partial charge in [0.15, 0.2) is 16.7 Å². The van der Waals surface area contributed by atoms with Gasteiger partial charge in [-0.15, -0.1) is 0 Å². The molecule has 1 fully saturated rings. The molecule has 1 aromatic heterocycles. The van der Waals surface area contributed by atoms with E-state index < -0.39 is 0 Å². The number of aromatic nitrogens is 2. The van der Waals surface area contributed by atoms with E-state index in [1.54, 1.807) is 20.3 Å². The summed E-state index contributed by atoms with van der Waals surface area (Å²) in [5.41, 5.74) is 4.18. The van der Waals surface area contributed by atoms with Crippen LogP contribution in [-0.2, 0) is 18.7 Å². The number of anilines is 1. The zero-order valence-electron chi connectivity index (χ0n) is 25.4. The highest BCUT2D eigenvalue weighted by molar-refractivity contribution is 7.98. The van der Waals surface area contributed by atoms with Crippen molar-refractivity contribution in [2.75, 3.05) is 58.9 Å². The first-order valence-electron chi connectivity index (χ1n) is 14.7. The Morgan fingerprint density at radius 1 is 0.864 bits per heavy atom. The second-order valence-electron chi connectivity index (χ2n) is 10.7. The maximum atomic E-state index is 13.3. The van der Waals surface area contributed by atoms with E-state index in [0.717, 1.165) is 62.6 Å². The number of rotatable bonds is 12. The van der Waals surface area contributed by atoms with E-state index in [2.05, 4.69) is 39.0 Å². The van der Waals surface area contributed by atoms with Gasteiger partial charge in [0.25, 0.3) is 5.91 Å². The molecule has 1 aliphatic heterocycles. The van der Waals surface area contributed by atoms with Crippen molar-refractivity contribution in [1.82, 2.24) is 19.8 Å². The standard InChI is InChI=1S/C34H38ClN5O3S/c1-38(15-14-25-12-13-29(42-2)30(21-25)43-3)32-22-31(35)36-34(37-32)44-24-27-10-7-11-28(20-27)33(41)40-18-16-39(17-19-40)23-26-8-5-4-6-9-26/h4-13,20-22H,14-19,23-24H2,1-3H3. The normalized spacial score (nSPS) is 13.5. The number of methoxy groups -OCH3 is 2. The number of ether oxygens (including phenoxy) is 2. The van der Waals surface area contributed by atoms with Gasteiger partial charge in [-0.05, 0) is 47.4 Å². The van der Waals surface area contributed by atoms with Crippen molar-refractivity contribution in [3.63, 3.8) is 0 Å². The lowest BCUT2D eigenvalue weighted by Gasteiger charge is -2.34. The fourth-order valence-corrected chi connectivity index (χ4v) is 6.19. The molecule has 1 aliphatic rings. The Hall–Kier alpha value is -3.79. The van der Waals surface area contributed by atoms with E-state index >= 15 is 0 Å². The smallest absolute Gasteiger partial charge is 0.253 e. The van der Waals surface area contributed by atoms with Crippen LogP contribution in [-0.4, -0.2) is 79.7 Å². The van der Waals surface area contributed by atoms with Gasteiger partial charge in [-0.1, -0.05) is 71.9 Å². The summed E-state index contributed by atoms with van der Waals surface area (Å²) < 4.78 is 10.8. The van der Waals surface area contributed by atoms with Gasteiger partial charge in [-0.2, -0.15) is 0 Å². The van der Waals surface area contributed by atoms with Gasteiger partial charge in [0.1, 0.15) is 11.0 Å². The molecule has 10 heteroatoms. The van der Waals surface area contributed by atoms with Crippen molar-refractivity contribution < 1.29 is 14.3 Å². The third kappa shape index (κ3) is 8.43. The van der Waals surface area contributed by atoms with E-state index in [0.29, 0.717) is 33.1 Å². The number of hydrogen-bond donors (Lipinski definition) is 0. The summed E-state index contributed by atoms with van der Waals surface area (Å²) in [6.45, 7) is 4.83. The zero-order chi connectivity index (χ0) is 30.9. The molecule has 0 N–H and O–H groups in total. The lowest BCUT2D eigenvalue weighted by molar-refractivity contribution is 0.0628. The summed E-state index contributed by atoms with van der Waals surface area (Å²) in [4.78, 5) is 28.9. The van der Waals surface area contributed by atoms with Gasteiger partial charge in [0, 0.05) is 63.7 Å². The van der Waals surface area contributed by atoms with Crippen LogP contribution in [0.3, 0.4) is 0 Å². The van der Waals surface area contributed by atoms with Crippen LogP contribution in [0.25, 0.3) is 0 Å². The van der Waals surface area contributed by atoms with Crippen LogP contribution in [0.2, 0.25) is 5.15 Å². The predicted molar refractivity (Wildman–Crippen MR) is 177 cm³/mol. The SMILES string of the molecule is COc1ccc(CCN(C)c2cc(Cl)nc(SCc3cccc(C(=O)N4CCN(Cc5ccccc5)CC4)c3)n2)cc1OC. The molecule has 0 radical (unpaired) electrons. The second-order valence-corrected chi connectivity index (χ2v) is 12.1. The first kappa shape index (κ1) is 31.6.